The Morgan fingerprint density at radius 1 is 1.20 bits per heavy atom. The molecule has 1 aromatic heterocycles. The number of aromatic nitrogens is 1. The summed E-state index contributed by atoms with van der Waals surface area (Å²) in [6.07, 6.45) is 2.82. The molecule has 4 rings (SSSR count). The molecule has 0 unspecified atom stereocenters. The van der Waals surface area contributed by atoms with Crippen molar-refractivity contribution < 1.29 is 9.53 Å². The van der Waals surface area contributed by atoms with E-state index in [0.29, 0.717) is 18.7 Å². The van der Waals surface area contributed by atoms with Gasteiger partial charge < -0.3 is 9.64 Å². The van der Waals surface area contributed by atoms with E-state index < -0.39 is 0 Å². The van der Waals surface area contributed by atoms with Crippen LogP contribution in [0.1, 0.15) is 30.6 Å². The first-order valence-corrected chi connectivity index (χ1v) is 8.88. The average Bonchev–Trinajstić information content (AvgIpc) is 2.66. The number of amides is 1. The molecule has 0 bridgehead atoms. The summed E-state index contributed by atoms with van der Waals surface area (Å²) in [7, 11) is 0. The largest absolute Gasteiger partial charge is 0.372 e. The number of hydrogen-bond donors (Lipinski definition) is 0. The first-order chi connectivity index (χ1) is 12.2. The maximum Gasteiger partial charge on any atom is 0.256 e. The Hall–Kier alpha value is -2.46. The van der Waals surface area contributed by atoms with Gasteiger partial charge in [0.25, 0.3) is 5.91 Å². The van der Waals surface area contributed by atoms with E-state index >= 15 is 0 Å². The Morgan fingerprint density at radius 2 is 2.00 bits per heavy atom. The van der Waals surface area contributed by atoms with Gasteiger partial charge in [0, 0.05) is 24.7 Å². The molecule has 128 valence electrons. The van der Waals surface area contributed by atoms with Crippen LogP contribution in [0.15, 0.2) is 48.7 Å². The summed E-state index contributed by atoms with van der Waals surface area (Å²) in [5, 5.41) is 3.22. The fraction of sp³-hybridized carbons (Fsp3) is 0.333. The van der Waals surface area contributed by atoms with Crippen molar-refractivity contribution in [1.29, 1.82) is 0 Å². The fourth-order valence-electron chi connectivity index (χ4n) is 3.70. The number of carbonyl (C=O) groups is 1. The summed E-state index contributed by atoms with van der Waals surface area (Å²) in [5.74, 6) is 0.0445. The highest BCUT2D eigenvalue weighted by Crippen LogP contribution is 2.28. The molecule has 1 amide bonds. The standard InChI is InChI=1S/C21H22N2O2/c1-3-16-13-23(12-14(2)25-16)21(24)19-11-15-7-4-5-8-17(15)18-9-6-10-22-20(18)19/h4-11,14,16H,3,12-13H2,1-2H3/t14-,16-/m0/s1. The second-order valence-corrected chi connectivity index (χ2v) is 6.73. The number of nitrogens with zero attached hydrogens (tertiary/aromatic N) is 2. The van der Waals surface area contributed by atoms with Crippen LogP contribution in [0.25, 0.3) is 21.7 Å². The minimum Gasteiger partial charge on any atom is -0.372 e. The quantitative estimate of drug-likeness (QED) is 0.665. The Labute approximate surface area is 147 Å². The number of carbonyl (C=O) groups excluding carboxylic acids is 1. The molecule has 4 heteroatoms. The molecule has 0 spiro atoms. The first kappa shape index (κ1) is 16.0. The summed E-state index contributed by atoms with van der Waals surface area (Å²) < 4.78 is 5.90. The third-order valence-electron chi connectivity index (χ3n) is 4.91. The van der Waals surface area contributed by atoms with E-state index in [-0.39, 0.29) is 18.1 Å². The predicted octanol–water partition coefficient (Wildman–Crippen LogP) is 4.03. The molecule has 1 saturated heterocycles. The van der Waals surface area contributed by atoms with Crippen molar-refractivity contribution in [3.63, 3.8) is 0 Å². The Bertz CT molecular complexity index is 937. The minimum absolute atomic E-state index is 0.0445. The van der Waals surface area contributed by atoms with Crippen LogP contribution in [0.5, 0.6) is 0 Å². The molecule has 1 aliphatic rings. The molecule has 1 aliphatic heterocycles. The van der Waals surface area contributed by atoms with E-state index in [1.54, 1.807) is 6.20 Å². The third kappa shape index (κ3) is 2.87. The number of fused-ring (bicyclic) bond motifs is 3. The zero-order chi connectivity index (χ0) is 17.4. The first-order valence-electron chi connectivity index (χ1n) is 8.88. The summed E-state index contributed by atoms with van der Waals surface area (Å²) in [6.45, 7) is 5.38. The Kier molecular flexibility index (Phi) is 4.14. The van der Waals surface area contributed by atoms with Gasteiger partial charge >= 0.3 is 0 Å². The number of ether oxygens (including phenoxy) is 1. The molecule has 0 N–H and O–H groups in total. The molecule has 25 heavy (non-hydrogen) atoms. The van der Waals surface area contributed by atoms with Crippen LogP contribution in [0.4, 0.5) is 0 Å². The molecule has 0 aliphatic carbocycles. The zero-order valence-electron chi connectivity index (χ0n) is 14.6. The summed E-state index contributed by atoms with van der Waals surface area (Å²) in [5.41, 5.74) is 1.46. The average molecular weight is 334 g/mol. The lowest BCUT2D eigenvalue weighted by molar-refractivity contribution is -0.0680. The van der Waals surface area contributed by atoms with Crippen molar-refractivity contribution in [1.82, 2.24) is 9.88 Å². The van der Waals surface area contributed by atoms with Crippen molar-refractivity contribution >= 4 is 27.6 Å². The lowest BCUT2D eigenvalue weighted by Crippen LogP contribution is -2.49. The number of rotatable bonds is 2. The van der Waals surface area contributed by atoms with Crippen LogP contribution in [-0.2, 0) is 4.74 Å². The Morgan fingerprint density at radius 3 is 2.84 bits per heavy atom. The zero-order valence-corrected chi connectivity index (χ0v) is 14.6. The van der Waals surface area contributed by atoms with E-state index in [2.05, 4.69) is 24.0 Å². The van der Waals surface area contributed by atoms with Crippen molar-refractivity contribution in [3.05, 3.63) is 54.2 Å². The highest BCUT2D eigenvalue weighted by molar-refractivity contribution is 6.15. The topological polar surface area (TPSA) is 42.4 Å². The van der Waals surface area contributed by atoms with Gasteiger partial charge in [-0.25, -0.2) is 0 Å². The van der Waals surface area contributed by atoms with Crippen molar-refractivity contribution in [2.75, 3.05) is 13.1 Å². The van der Waals surface area contributed by atoms with Crippen LogP contribution < -0.4 is 0 Å². The monoisotopic (exact) mass is 334 g/mol. The number of benzene rings is 2. The summed E-state index contributed by atoms with van der Waals surface area (Å²) in [4.78, 5) is 19.7. The van der Waals surface area contributed by atoms with Crippen LogP contribution in [0.3, 0.4) is 0 Å². The molecule has 0 saturated carbocycles. The SMILES string of the molecule is CC[C@H]1CN(C(=O)c2cc3ccccc3c3cccnc23)C[C@H](C)O1. The van der Waals surface area contributed by atoms with Crippen molar-refractivity contribution in [2.24, 2.45) is 0 Å². The van der Waals surface area contributed by atoms with Gasteiger partial charge in [-0.2, -0.15) is 0 Å². The van der Waals surface area contributed by atoms with Crippen LogP contribution in [0, 0.1) is 0 Å². The van der Waals surface area contributed by atoms with Gasteiger partial charge in [-0.05, 0) is 36.2 Å². The van der Waals surface area contributed by atoms with Crippen molar-refractivity contribution in [2.45, 2.75) is 32.5 Å². The summed E-state index contributed by atoms with van der Waals surface area (Å²) >= 11 is 0. The van der Waals surface area contributed by atoms with Gasteiger partial charge in [-0.15, -0.1) is 0 Å². The van der Waals surface area contributed by atoms with Gasteiger partial charge in [0.2, 0.25) is 0 Å². The molecular weight excluding hydrogens is 312 g/mol. The van der Waals surface area contributed by atoms with E-state index in [4.69, 9.17) is 4.74 Å². The number of morpholine rings is 1. The highest BCUT2D eigenvalue weighted by Gasteiger charge is 2.29. The lowest BCUT2D eigenvalue weighted by atomic mass is 9.99. The molecule has 2 atom stereocenters. The normalized spacial score (nSPS) is 21.0. The maximum absolute atomic E-state index is 13.3. The highest BCUT2D eigenvalue weighted by atomic mass is 16.5. The predicted molar refractivity (Wildman–Crippen MR) is 99.8 cm³/mol. The van der Waals surface area contributed by atoms with Crippen LogP contribution in [0.2, 0.25) is 0 Å². The van der Waals surface area contributed by atoms with Gasteiger partial charge in [0.15, 0.2) is 0 Å². The fourth-order valence-corrected chi connectivity index (χ4v) is 3.70. The van der Waals surface area contributed by atoms with E-state index in [0.717, 1.165) is 28.1 Å². The minimum atomic E-state index is 0.0445. The van der Waals surface area contributed by atoms with Crippen LogP contribution >= 0.6 is 0 Å². The molecule has 1 fully saturated rings. The van der Waals surface area contributed by atoms with Gasteiger partial charge in [0.1, 0.15) is 0 Å². The van der Waals surface area contributed by atoms with Gasteiger partial charge in [-0.1, -0.05) is 37.3 Å². The smallest absolute Gasteiger partial charge is 0.256 e. The molecule has 2 heterocycles. The molecular formula is C21H22N2O2. The van der Waals surface area contributed by atoms with E-state index in [9.17, 15) is 4.79 Å². The molecule has 3 aromatic rings. The van der Waals surface area contributed by atoms with Gasteiger partial charge in [-0.3, -0.25) is 9.78 Å². The molecule has 4 nitrogen and oxygen atoms in total. The molecule has 0 radical (unpaired) electrons. The Balaban J connectivity index is 1.83. The third-order valence-corrected chi connectivity index (χ3v) is 4.91. The number of pyridine rings is 1. The van der Waals surface area contributed by atoms with Crippen molar-refractivity contribution in [3.8, 4) is 0 Å². The van der Waals surface area contributed by atoms with Gasteiger partial charge in [0.05, 0.1) is 23.3 Å². The summed E-state index contributed by atoms with van der Waals surface area (Å²) in [6, 6.07) is 14.1. The van der Waals surface area contributed by atoms with E-state index in [1.807, 2.05) is 42.2 Å². The maximum atomic E-state index is 13.3. The van der Waals surface area contributed by atoms with Crippen LogP contribution in [-0.4, -0.2) is 41.1 Å². The molecule has 2 aromatic carbocycles. The second-order valence-electron chi connectivity index (χ2n) is 6.73. The second kappa shape index (κ2) is 6.45. The van der Waals surface area contributed by atoms with E-state index in [1.165, 1.54) is 0 Å². The lowest BCUT2D eigenvalue weighted by Gasteiger charge is -2.36. The number of hydrogen-bond acceptors (Lipinski definition) is 3.